The molecule has 21 heteroatoms. The summed E-state index contributed by atoms with van der Waals surface area (Å²) in [6, 6.07) is 5.76. The Bertz CT molecular complexity index is 1920. The molecule has 6 amide bonds. The molecular formula is C43H63BN6O14. The maximum Gasteiger partial charge on any atom is 0.635 e. The molecule has 2 aromatic rings. The number of benzene rings is 2. The lowest BCUT2D eigenvalue weighted by Crippen LogP contribution is -2.62. The monoisotopic (exact) mass is 898 g/mol. The normalized spacial score (nSPS) is 14.1. The maximum atomic E-state index is 14.4. The second-order valence-corrected chi connectivity index (χ2v) is 16.9. The van der Waals surface area contributed by atoms with Gasteiger partial charge in [0.15, 0.2) is 0 Å². The molecule has 0 saturated heterocycles. The van der Waals surface area contributed by atoms with E-state index in [0.29, 0.717) is 11.1 Å². The van der Waals surface area contributed by atoms with E-state index in [-0.39, 0.29) is 37.4 Å². The minimum Gasteiger partial charge on any atom is -0.508 e. The molecule has 0 aliphatic rings. The predicted octanol–water partition coefficient (Wildman–Crippen LogP) is 0.570. The van der Waals surface area contributed by atoms with Crippen molar-refractivity contribution in [2.75, 3.05) is 0 Å². The van der Waals surface area contributed by atoms with E-state index in [1.165, 1.54) is 24.3 Å². The first kappa shape index (κ1) is 54.1. The SMILES string of the molecule is CCC(NC(=O)[C@H](CC(C)C)NC(=O)[C@@H](NC(=O)[C@H](Cc1ccccc1C)NC(=O)[C@H](CCC(=O)O)NC(=O)[C@H](Cc1ccc(O)cc1)NC(=O)CCC(=O)O)C(C)(C)C)OB(O)O. The van der Waals surface area contributed by atoms with E-state index >= 15 is 0 Å². The number of carboxylic acids is 2. The fourth-order valence-corrected chi connectivity index (χ4v) is 6.43. The van der Waals surface area contributed by atoms with Gasteiger partial charge >= 0.3 is 19.3 Å². The number of hydrogen-bond acceptors (Lipinski definition) is 12. The summed E-state index contributed by atoms with van der Waals surface area (Å²) in [7, 11) is -2.17. The summed E-state index contributed by atoms with van der Waals surface area (Å²) in [4.78, 5) is 105. The first-order valence-corrected chi connectivity index (χ1v) is 21.0. The molecule has 0 bridgehead atoms. The van der Waals surface area contributed by atoms with Crippen LogP contribution in [0.2, 0.25) is 0 Å². The zero-order chi connectivity index (χ0) is 48.3. The lowest BCUT2D eigenvalue weighted by atomic mass is 9.85. The molecule has 1 unspecified atom stereocenters. The van der Waals surface area contributed by atoms with Gasteiger partial charge in [-0.05, 0) is 66.3 Å². The van der Waals surface area contributed by atoms with Crippen LogP contribution in [0.25, 0.3) is 0 Å². The molecule has 0 spiro atoms. The molecule has 0 saturated carbocycles. The number of carbonyl (C=O) groups is 8. The Morgan fingerprint density at radius 2 is 1.19 bits per heavy atom. The highest BCUT2D eigenvalue weighted by atomic mass is 16.6. The van der Waals surface area contributed by atoms with Crippen molar-refractivity contribution in [3.8, 4) is 5.75 Å². The molecule has 0 aromatic heterocycles. The molecule has 0 radical (unpaired) electrons. The van der Waals surface area contributed by atoms with Crippen molar-refractivity contribution in [2.45, 2.75) is 136 Å². The largest absolute Gasteiger partial charge is 0.635 e. The lowest BCUT2D eigenvalue weighted by Gasteiger charge is -2.34. The molecule has 2 rings (SSSR count). The van der Waals surface area contributed by atoms with Crippen LogP contribution in [-0.2, 0) is 55.9 Å². The number of rotatable bonds is 26. The van der Waals surface area contributed by atoms with Crippen molar-refractivity contribution in [2.24, 2.45) is 11.3 Å². The van der Waals surface area contributed by atoms with E-state index < -0.39 is 122 Å². The Balaban J connectivity index is 2.50. The van der Waals surface area contributed by atoms with Crippen molar-refractivity contribution < 1.29 is 68.4 Å². The van der Waals surface area contributed by atoms with Gasteiger partial charge in [-0.2, -0.15) is 0 Å². The van der Waals surface area contributed by atoms with Crippen LogP contribution in [0.5, 0.6) is 5.75 Å². The van der Waals surface area contributed by atoms with Crippen molar-refractivity contribution in [3.63, 3.8) is 0 Å². The highest BCUT2D eigenvalue weighted by Gasteiger charge is 2.38. The predicted molar refractivity (Wildman–Crippen MR) is 232 cm³/mol. The zero-order valence-corrected chi connectivity index (χ0v) is 37.3. The third kappa shape index (κ3) is 19.6. The van der Waals surface area contributed by atoms with Gasteiger partial charge in [0, 0.05) is 25.7 Å². The molecule has 20 nitrogen and oxygen atoms in total. The molecule has 64 heavy (non-hydrogen) atoms. The van der Waals surface area contributed by atoms with Crippen molar-refractivity contribution >= 4 is 54.7 Å². The molecule has 0 aliphatic heterocycles. The number of hydrogen-bond donors (Lipinski definition) is 11. The fourth-order valence-electron chi connectivity index (χ4n) is 6.43. The van der Waals surface area contributed by atoms with Gasteiger partial charge < -0.3 is 61.9 Å². The van der Waals surface area contributed by atoms with Crippen LogP contribution < -0.4 is 31.9 Å². The molecule has 0 aliphatic carbocycles. The number of phenolic OH excluding ortho intramolecular Hbond substituents is 1. The van der Waals surface area contributed by atoms with E-state index in [4.69, 9.17) is 9.76 Å². The Labute approximate surface area is 372 Å². The van der Waals surface area contributed by atoms with Gasteiger partial charge in [-0.25, -0.2) is 0 Å². The zero-order valence-electron chi connectivity index (χ0n) is 37.3. The summed E-state index contributed by atoms with van der Waals surface area (Å²) < 4.78 is 4.92. The number of aromatic hydroxyl groups is 1. The molecule has 0 heterocycles. The Morgan fingerprint density at radius 1 is 0.656 bits per heavy atom. The van der Waals surface area contributed by atoms with Gasteiger partial charge in [-0.15, -0.1) is 0 Å². The maximum absolute atomic E-state index is 14.4. The number of aryl methyl sites for hydroxylation is 1. The minimum absolute atomic E-state index is 0.0738. The Morgan fingerprint density at radius 3 is 1.73 bits per heavy atom. The van der Waals surface area contributed by atoms with E-state index in [2.05, 4.69) is 31.9 Å². The molecule has 2 aromatic carbocycles. The third-order valence-electron chi connectivity index (χ3n) is 9.91. The standard InChI is InChI=1S/C43H63BN6O14/c1-8-34(64-44(62)63)49-40(59)30(21-24(2)3)48-42(61)37(43(5,6)7)50-41(60)32(23-27-12-10-9-11-25(27)4)47-38(57)29(17-19-35(53)54)46-39(58)31(45-33(52)18-20-36(55)56)22-26-13-15-28(51)16-14-26/h9-16,24,29-32,34,37,51,62-63H,8,17-23H2,1-7H3,(H,45,52)(H,46,58)(H,47,57)(H,48,61)(H,49,59)(H,50,60)(H,53,54)(H,55,56)/t29-,30-,31-,32-,34?,37+/m0/s1. The average Bonchev–Trinajstić information content (AvgIpc) is 3.19. The molecule has 6 atom stereocenters. The van der Waals surface area contributed by atoms with Crippen molar-refractivity contribution in [1.82, 2.24) is 31.9 Å². The van der Waals surface area contributed by atoms with E-state index in [1.807, 2.05) is 13.8 Å². The number of phenols is 1. The number of amides is 6. The average molecular weight is 899 g/mol. The first-order valence-electron chi connectivity index (χ1n) is 21.0. The van der Waals surface area contributed by atoms with Crippen LogP contribution in [-0.4, -0.2) is 117 Å². The highest BCUT2D eigenvalue weighted by molar-refractivity contribution is 6.32. The number of aliphatic carboxylic acids is 2. The number of nitrogens with one attached hydrogen (secondary N) is 6. The molecular weight excluding hydrogens is 835 g/mol. The summed E-state index contributed by atoms with van der Waals surface area (Å²) >= 11 is 0. The smallest absolute Gasteiger partial charge is 0.508 e. The second-order valence-electron chi connectivity index (χ2n) is 16.9. The highest BCUT2D eigenvalue weighted by Crippen LogP contribution is 2.21. The van der Waals surface area contributed by atoms with Gasteiger partial charge in [0.25, 0.3) is 0 Å². The fraction of sp³-hybridized carbons (Fsp3) is 0.535. The third-order valence-corrected chi connectivity index (χ3v) is 9.91. The summed E-state index contributed by atoms with van der Waals surface area (Å²) in [6.45, 7) is 12.0. The van der Waals surface area contributed by atoms with Gasteiger partial charge in [-0.3, -0.25) is 38.4 Å². The minimum atomic E-state index is -2.17. The molecule has 0 fully saturated rings. The summed E-state index contributed by atoms with van der Waals surface area (Å²) in [5, 5.41) is 62.4. The van der Waals surface area contributed by atoms with E-state index in [9.17, 15) is 58.6 Å². The topological polar surface area (TPSA) is 319 Å². The summed E-state index contributed by atoms with van der Waals surface area (Å²) in [6.07, 6.45) is -3.17. The van der Waals surface area contributed by atoms with Gasteiger partial charge in [-0.1, -0.05) is 77.9 Å². The number of carbonyl (C=O) groups excluding carboxylic acids is 6. The van der Waals surface area contributed by atoms with E-state index in [1.54, 1.807) is 58.9 Å². The van der Waals surface area contributed by atoms with Crippen LogP contribution >= 0.6 is 0 Å². The number of carboxylic acid groups (broad SMARTS) is 2. The first-order chi connectivity index (χ1) is 29.9. The van der Waals surface area contributed by atoms with Crippen LogP contribution in [0.15, 0.2) is 48.5 Å². The molecule has 352 valence electrons. The molecule has 11 N–H and O–H groups in total. The van der Waals surface area contributed by atoms with Crippen molar-refractivity contribution in [1.29, 1.82) is 0 Å². The Hall–Kier alpha value is -6.06. The van der Waals surface area contributed by atoms with Crippen LogP contribution in [0.1, 0.15) is 96.8 Å². The van der Waals surface area contributed by atoms with Gasteiger partial charge in [0.2, 0.25) is 35.4 Å². The van der Waals surface area contributed by atoms with Crippen LogP contribution in [0.3, 0.4) is 0 Å². The van der Waals surface area contributed by atoms with Crippen LogP contribution in [0, 0.1) is 18.3 Å². The summed E-state index contributed by atoms with van der Waals surface area (Å²) in [5.41, 5.74) is 0.841. The van der Waals surface area contributed by atoms with Gasteiger partial charge in [0.05, 0.1) is 6.42 Å². The second kappa shape index (κ2) is 25.9. The van der Waals surface area contributed by atoms with Crippen LogP contribution in [0.4, 0.5) is 0 Å². The Kier molecular flexibility index (Phi) is 21.9. The lowest BCUT2D eigenvalue weighted by molar-refractivity contribution is -0.140. The summed E-state index contributed by atoms with van der Waals surface area (Å²) in [5.74, 6) is -7.73. The van der Waals surface area contributed by atoms with Gasteiger partial charge in [0.1, 0.15) is 42.2 Å². The quantitative estimate of drug-likeness (QED) is 0.0455. The van der Waals surface area contributed by atoms with Crippen molar-refractivity contribution in [3.05, 3.63) is 65.2 Å². The van der Waals surface area contributed by atoms with E-state index in [0.717, 1.165) is 5.56 Å².